The molecule has 3 heteroatoms. The third-order valence-corrected chi connectivity index (χ3v) is 3.99. The molecule has 0 radical (unpaired) electrons. The number of aryl methyl sites for hydroxylation is 3. The maximum Gasteiger partial charge on any atom is 0.108 e. The highest BCUT2D eigenvalue weighted by molar-refractivity contribution is 5.22. The molecule has 0 bridgehead atoms. The molecule has 1 unspecified atom stereocenters. The number of nitrogens with zero attached hydrogens (tertiary/aromatic N) is 2. The van der Waals surface area contributed by atoms with Gasteiger partial charge >= 0.3 is 0 Å². The van der Waals surface area contributed by atoms with Gasteiger partial charge in [0.15, 0.2) is 0 Å². The number of rotatable bonds is 8. The van der Waals surface area contributed by atoms with E-state index in [-0.39, 0.29) is 0 Å². The second-order valence-electron chi connectivity index (χ2n) is 5.86. The zero-order valence-electron chi connectivity index (χ0n) is 13.5. The lowest BCUT2D eigenvalue weighted by Crippen LogP contribution is -2.25. The van der Waals surface area contributed by atoms with Crippen molar-refractivity contribution in [3.8, 4) is 0 Å². The first-order chi connectivity index (χ1) is 10.2. The van der Waals surface area contributed by atoms with Crippen molar-refractivity contribution in [2.75, 3.05) is 13.1 Å². The van der Waals surface area contributed by atoms with Gasteiger partial charge in [-0.05, 0) is 44.3 Å². The van der Waals surface area contributed by atoms with Gasteiger partial charge in [0.05, 0.1) is 0 Å². The molecular weight excluding hydrogens is 258 g/mol. The molecule has 0 amide bonds. The van der Waals surface area contributed by atoms with Crippen LogP contribution in [0, 0.1) is 12.8 Å². The highest BCUT2D eigenvalue weighted by atomic mass is 15.0. The van der Waals surface area contributed by atoms with Gasteiger partial charge in [0.1, 0.15) is 5.82 Å². The minimum absolute atomic E-state index is 0.656. The van der Waals surface area contributed by atoms with Gasteiger partial charge in [0.25, 0.3) is 0 Å². The van der Waals surface area contributed by atoms with Gasteiger partial charge in [-0.1, -0.05) is 36.8 Å². The molecule has 3 nitrogen and oxygen atoms in total. The van der Waals surface area contributed by atoms with E-state index in [0.29, 0.717) is 5.92 Å². The Morgan fingerprint density at radius 2 is 2.19 bits per heavy atom. The lowest BCUT2D eigenvalue weighted by atomic mass is 9.93. The average Bonchev–Trinajstić information content (AvgIpc) is 2.87. The summed E-state index contributed by atoms with van der Waals surface area (Å²) in [6.45, 7) is 6.45. The first-order valence-corrected chi connectivity index (χ1v) is 7.91. The topological polar surface area (TPSA) is 29.9 Å². The van der Waals surface area contributed by atoms with Crippen molar-refractivity contribution in [1.29, 1.82) is 0 Å². The molecule has 2 aromatic rings. The number of nitrogens with one attached hydrogen (secondary N) is 1. The Hall–Kier alpha value is -1.61. The Kier molecular flexibility index (Phi) is 6.00. The first kappa shape index (κ1) is 15.8. The predicted molar refractivity (Wildman–Crippen MR) is 88.4 cm³/mol. The van der Waals surface area contributed by atoms with Gasteiger partial charge in [-0.25, -0.2) is 4.98 Å². The molecule has 1 N–H and O–H groups in total. The fourth-order valence-electron chi connectivity index (χ4n) is 2.77. The van der Waals surface area contributed by atoms with E-state index in [2.05, 4.69) is 60.0 Å². The van der Waals surface area contributed by atoms with Gasteiger partial charge in [0.2, 0.25) is 0 Å². The van der Waals surface area contributed by atoms with Crippen LogP contribution in [0.25, 0.3) is 0 Å². The lowest BCUT2D eigenvalue weighted by Gasteiger charge is -2.17. The van der Waals surface area contributed by atoms with Gasteiger partial charge in [-0.3, -0.25) is 0 Å². The molecule has 0 fully saturated rings. The molecule has 114 valence electrons. The third-order valence-electron chi connectivity index (χ3n) is 3.99. The van der Waals surface area contributed by atoms with Crippen molar-refractivity contribution in [3.63, 3.8) is 0 Å². The molecule has 0 aliphatic heterocycles. The molecular formula is C18H27N3. The van der Waals surface area contributed by atoms with Gasteiger partial charge < -0.3 is 9.88 Å². The molecule has 2 rings (SSSR count). The van der Waals surface area contributed by atoms with Crippen LogP contribution in [0.4, 0.5) is 0 Å². The van der Waals surface area contributed by atoms with Crippen LogP contribution in [0.1, 0.15) is 30.3 Å². The van der Waals surface area contributed by atoms with E-state index in [1.807, 2.05) is 12.4 Å². The van der Waals surface area contributed by atoms with Crippen molar-refractivity contribution >= 4 is 0 Å². The number of benzene rings is 1. The average molecular weight is 285 g/mol. The Labute approximate surface area is 128 Å². The molecule has 0 aliphatic rings. The van der Waals surface area contributed by atoms with Gasteiger partial charge in [-0.2, -0.15) is 0 Å². The normalized spacial score (nSPS) is 12.5. The monoisotopic (exact) mass is 285 g/mol. The Morgan fingerprint density at radius 1 is 1.33 bits per heavy atom. The second-order valence-corrected chi connectivity index (χ2v) is 5.86. The van der Waals surface area contributed by atoms with Crippen LogP contribution < -0.4 is 5.32 Å². The van der Waals surface area contributed by atoms with Crippen molar-refractivity contribution in [2.24, 2.45) is 13.0 Å². The standard InChI is InChI=1S/C18H27N3/c1-4-19-14-17(8-9-18-20-10-11-21(18)3)13-16-7-5-6-15(2)12-16/h5-7,10-12,17,19H,4,8-9,13-14H2,1-3H3. The van der Waals surface area contributed by atoms with Crippen molar-refractivity contribution in [2.45, 2.75) is 33.1 Å². The Balaban J connectivity index is 1.95. The summed E-state index contributed by atoms with van der Waals surface area (Å²) in [5, 5.41) is 3.50. The number of hydrogen-bond acceptors (Lipinski definition) is 2. The summed E-state index contributed by atoms with van der Waals surface area (Å²) in [7, 11) is 2.07. The summed E-state index contributed by atoms with van der Waals surface area (Å²) in [6, 6.07) is 8.87. The molecule has 1 aromatic carbocycles. The summed E-state index contributed by atoms with van der Waals surface area (Å²) in [5.74, 6) is 1.84. The number of imidazole rings is 1. The van der Waals surface area contributed by atoms with Crippen LogP contribution in [0.15, 0.2) is 36.7 Å². The summed E-state index contributed by atoms with van der Waals surface area (Å²) >= 11 is 0. The summed E-state index contributed by atoms with van der Waals surface area (Å²) in [5.41, 5.74) is 2.79. The molecule has 0 saturated carbocycles. The minimum Gasteiger partial charge on any atom is -0.338 e. The van der Waals surface area contributed by atoms with Crippen LogP contribution in [-0.4, -0.2) is 22.6 Å². The highest BCUT2D eigenvalue weighted by Gasteiger charge is 2.11. The van der Waals surface area contributed by atoms with E-state index in [9.17, 15) is 0 Å². The second kappa shape index (κ2) is 7.99. The fourth-order valence-corrected chi connectivity index (χ4v) is 2.77. The molecule has 0 spiro atoms. The van der Waals surface area contributed by atoms with Crippen LogP contribution in [0.5, 0.6) is 0 Å². The quantitative estimate of drug-likeness (QED) is 0.807. The first-order valence-electron chi connectivity index (χ1n) is 7.91. The largest absolute Gasteiger partial charge is 0.338 e. The van der Waals surface area contributed by atoms with E-state index >= 15 is 0 Å². The van der Waals surface area contributed by atoms with Gasteiger partial charge in [0, 0.05) is 25.9 Å². The summed E-state index contributed by atoms with van der Waals surface area (Å²) in [6.07, 6.45) is 7.26. The SMILES string of the molecule is CCNCC(CCc1nccn1C)Cc1cccc(C)c1. The zero-order chi connectivity index (χ0) is 15.1. The summed E-state index contributed by atoms with van der Waals surface area (Å²) < 4.78 is 2.12. The van der Waals surface area contributed by atoms with Crippen molar-refractivity contribution in [3.05, 3.63) is 53.6 Å². The maximum atomic E-state index is 4.43. The predicted octanol–water partition coefficient (Wildman–Crippen LogP) is 3.13. The highest BCUT2D eigenvalue weighted by Crippen LogP contribution is 2.15. The van der Waals surface area contributed by atoms with Crippen molar-refractivity contribution < 1.29 is 0 Å². The van der Waals surface area contributed by atoms with E-state index in [0.717, 1.165) is 25.9 Å². The van der Waals surface area contributed by atoms with E-state index in [4.69, 9.17) is 0 Å². The van der Waals surface area contributed by atoms with Gasteiger partial charge in [-0.15, -0.1) is 0 Å². The lowest BCUT2D eigenvalue weighted by molar-refractivity contribution is 0.443. The fraction of sp³-hybridized carbons (Fsp3) is 0.500. The number of aromatic nitrogens is 2. The molecule has 1 aromatic heterocycles. The van der Waals surface area contributed by atoms with Crippen LogP contribution in [-0.2, 0) is 19.9 Å². The van der Waals surface area contributed by atoms with E-state index in [1.165, 1.54) is 23.4 Å². The molecule has 1 atom stereocenters. The number of hydrogen-bond donors (Lipinski definition) is 1. The van der Waals surface area contributed by atoms with Crippen LogP contribution in [0.2, 0.25) is 0 Å². The summed E-state index contributed by atoms with van der Waals surface area (Å²) in [4.78, 5) is 4.43. The van der Waals surface area contributed by atoms with E-state index < -0.39 is 0 Å². The third kappa shape index (κ3) is 5.01. The molecule has 0 aliphatic carbocycles. The zero-order valence-corrected chi connectivity index (χ0v) is 13.5. The smallest absolute Gasteiger partial charge is 0.108 e. The van der Waals surface area contributed by atoms with Crippen LogP contribution >= 0.6 is 0 Å². The molecule has 21 heavy (non-hydrogen) atoms. The maximum absolute atomic E-state index is 4.43. The van der Waals surface area contributed by atoms with Crippen molar-refractivity contribution in [1.82, 2.24) is 14.9 Å². The molecule has 1 heterocycles. The van der Waals surface area contributed by atoms with Crippen LogP contribution in [0.3, 0.4) is 0 Å². The molecule has 0 saturated heterocycles. The minimum atomic E-state index is 0.656. The Bertz CT molecular complexity index is 545. The Morgan fingerprint density at radius 3 is 2.86 bits per heavy atom. The van der Waals surface area contributed by atoms with E-state index in [1.54, 1.807) is 0 Å².